The van der Waals surface area contributed by atoms with Crippen molar-refractivity contribution in [3.05, 3.63) is 47.8 Å². The van der Waals surface area contributed by atoms with Crippen molar-refractivity contribution < 1.29 is 23.1 Å². The van der Waals surface area contributed by atoms with E-state index in [0.717, 1.165) is 0 Å². The molecule has 0 amide bonds. The Balaban J connectivity index is 1.94. The van der Waals surface area contributed by atoms with Crippen molar-refractivity contribution in [1.82, 2.24) is 4.98 Å². The van der Waals surface area contributed by atoms with Crippen LogP contribution in [0, 0.1) is 5.82 Å². The van der Waals surface area contributed by atoms with Gasteiger partial charge in [-0.25, -0.2) is 14.2 Å². The highest BCUT2D eigenvalue weighted by Gasteiger charge is 2.20. The van der Waals surface area contributed by atoms with Gasteiger partial charge in [-0.3, -0.25) is 0 Å². The number of furan rings is 1. The molecule has 2 aromatic carbocycles. The van der Waals surface area contributed by atoms with Crippen molar-refractivity contribution in [2.24, 2.45) is 0 Å². The molecule has 0 aliphatic rings. The van der Waals surface area contributed by atoms with Gasteiger partial charge in [-0.2, -0.15) is 0 Å². The summed E-state index contributed by atoms with van der Waals surface area (Å²) in [5, 5.41) is 9.42. The molecule has 0 atom stereocenters. The molecule has 0 fully saturated rings. The fourth-order valence-corrected chi connectivity index (χ4v) is 2.42. The Bertz CT molecular complexity index is 1080. The Labute approximate surface area is 127 Å². The van der Waals surface area contributed by atoms with Gasteiger partial charge in [0, 0.05) is 5.39 Å². The first-order valence-corrected chi connectivity index (χ1v) is 6.65. The number of oxazole rings is 1. The predicted octanol–water partition coefficient (Wildman–Crippen LogP) is 3.66. The molecule has 6 nitrogen and oxygen atoms in total. The third-order valence-electron chi connectivity index (χ3n) is 3.54. The molecule has 0 saturated heterocycles. The Morgan fingerprint density at radius 1 is 1.22 bits per heavy atom. The largest absolute Gasteiger partial charge is 0.478 e. The number of hydrogen-bond donors (Lipinski definition) is 2. The second-order valence-corrected chi connectivity index (χ2v) is 4.97. The average Bonchev–Trinajstić information content (AvgIpc) is 3.09. The summed E-state index contributed by atoms with van der Waals surface area (Å²) in [6, 6.07) is 8.71. The molecule has 0 aliphatic heterocycles. The fraction of sp³-hybridized carbons (Fsp3) is 0. The number of anilines is 1. The first-order chi connectivity index (χ1) is 11.0. The molecule has 114 valence electrons. The number of para-hydroxylation sites is 1. The first kappa shape index (κ1) is 13.3. The van der Waals surface area contributed by atoms with Crippen LogP contribution in [0.3, 0.4) is 0 Å². The van der Waals surface area contributed by atoms with E-state index in [0.29, 0.717) is 10.9 Å². The van der Waals surface area contributed by atoms with Gasteiger partial charge in [-0.1, -0.05) is 6.07 Å². The Kier molecular flexibility index (Phi) is 2.65. The van der Waals surface area contributed by atoms with Crippen LogP contribution in [0.1, 0.15) is 10.4 Å². The van der Waals surface area contributed by atoms with E-state index in [1.165, 1.54) is 30.3 Å². The summed E-state index contributed by atoms with van der Waals surface area (Å²) in [5.74, 6) is -1.44. The molecule has 0 aliphatic carbocycles. The summed E-state index contributed by atoms with van der Waals surface area (Å²) >= 11 is 0. The summed E-state index contributed by atoms with van der Waals surface area (Å²) in [6.45, 7) is 0. The monoisotopic (exact) mass is 312 g/mol. The second kappa shape index (κ2) is 4.57. The molecule has 0 radical (unpaired) electrons. The molecule has 4 aromatic rings. The molecule has 3 N–H and O–H groups in total. The third kappa shape index (κ3) is 1.94. The minimum Gasteiger partial charge on any atom is -0.478 e. The Hall–Kier alpha value is -3.35. The summed E-state index contributed by atoms with van der Waals surface area (Å²) in [4.78, 5) is 15.2. The minimum atomic E-state index is -1.07. The van der Waals surface area contributed by atoms with Gasteiger partial charge in [0.15, 0.2) is 17.0 Å². The van der Waals surface area contributed by atoms with Crippen LogP contribution in [0.5, 0.6) is 0 Å². The van der Waals surface area contributed by atoms with Gasteiger partial charge < -0.3 is 19.7 Å². The van der Waals surface area contributed by atoms with Crippen molar-refractivity contribution in [3.8, 4) is 11.7 Å². The zero-order valence-electron chi connectivity index (χ0n) is 11.5. The van der Waals surface area contributed by atoms with Crippen molar-refractivity contribution in [2.75, 3.05) is 5.73 Å². The zero-order chi connectivity index (χ0) is 16.1. The van der Waals surface area contributed by atoms with E-state index in [1.54, 1.807) is 6.07 Å². The van der Waals surface area contributed by atoms with Gasteiger partial charge in [0.2, 0.25) is 5.76 Å². The van der Waals surface area contributed by atoms with Crippen LogP contribution in [0.15, 0.2) is 45.2 Å². The third-order valence-corrected chi connectivity index (χ3v) is 3.54. The number of carbonyl (C=O) groups is 1. The number of halogens is 1. The van der Waals surface area contributed by atoms with Gasteiger partial charge >= 0.3 is 5.97 Å². The van der Waals surface area contributed by atoms with E-state index in [4.69, 9.17) is 19.7 Å². The standard InChI is InChI=1S/C16H9FN2O4/c17-9-3-1-2-8-12(18)14(23-13(8)9)15-19-10-5-4-7(16(20)21)6-11(10)22-15/h1-6H,18H2,(H,20,21). The SMILES string of the molecule is Nc1c(-c2nc3ccc(C(=O)O)cc3o2)oc2c(F)cccc12. The van der Waals surface area contributed by atoms with Gasteiger partial charge in [0.1, 0.15) is 5.52 Å². The number of aromatic nitrogens is 1. The van der Waals surface area contributed by atoms with Crippen LogP contribution in [0.2, 0.25) is 0 Å². The van der Waals surface area contributed by atoms with E-state index in [1.807, 2.05) is 0 Å². The number of fused-ring (bicyclic) bond motifs is 2. The lowest BCUT2D eigenvalue weighted by Gasteiger charge is -1.91. The first-order valence-electron chi connectivity index (χ1n) is 6.65. The van der Waals surface area contributed by atoms with Crippen molar-refractivity contribution in [1.29, 1.82) is 0 Å². The summed E-state index contributed by atoms with van der Waals surface area (Å²) in [7, 11) is 0. The maximum atomic E-state index is 13.8. The zero-order valence-corrected chi connectivity index (χ0v) is 11.5. The highest BCUT2D eigenvalue weighted by Crippen LogP contribution is 2.37. The summed E-state index contributed by atoms with van der Waals surface area (Å²) in [6.07, 6.45) is 0. The van der Waals surface area contributed by atoms with Crippen molar-refractivity contribution >= 4 is 33.7 Å². The number of nitrogen functional groups attached to an aromatic ring is 1. The van der Waals surface area contributed by atoms with E-state index < -0.39 is 11.8 Å². The van der Waals surface area contributed by atoms with Crippen LogP contribution in [-0.2, 0) is 0 Å². The molecule has 2 aromatic heterocycles. The number of aromatic carboxylic acids is 1. The highest BCUT2D eigenvalue weighted by molar-refractivity contribution is 5.97. The van der Waals surface area contributed by atoms with Crippen molar-refractivity contribution in [3.63, 3.8) is 0 Å². The van der Waals surface area contributed by atoms with E-state index in [9.17, 15) is 9.18 Å². The lowest BCUT2D eigenvalue weighted by molar-refractivity contribution is 0.0697. The topological polar surface area (TPSA) is 102 Å². The molecule has 0 spiro atoms. The van der Waals surface area contributed by atoms with Gasteiger partial charge in [-0.05, 0) is 30.3 Å². The average molecular weight is 312 g/mol. The number of nitrogens with two attached hydrogens (primary N) is 1. The van der Waals surface area contributed by atoms with Gasteiger partial charge in [0.25, 0.3) is 5.89 Å². The normalized spacial score (nSPS) is 11.3. The molecule has 4 rings (SSSR count). The molecule has 0 bridgehead atoms. The van der Waals surface area contributed by atoms with Crippen LogP contribution in [-0.4, -0.2) is 16.1 Å². The highest BCUT2D eigenvalue weighted by atomic mass is 19.1. The maximum absolute atomic E-state index is 13.8. The molecule has 0 saturated carbocycles. The Morgan fingerprint density at radius 2 is 2.04 bits per heavy atom. The number of benzene rings is 2. The number of carboxylic acid groups (broad SMARTS) is 1. The number of carboxylic acids is 1. The van der Waals surface area contributed by atoms with E-state index >= 15 is 0 Å². The maximum Gasteiger partial charge on any atom is 0.335 e. The molecule has 2 heterocycles. The minimum absolute atomic E-state index is 0.0217. The van der Waals surface area contributed by atoms with E-state index in [2.05, 4.69) is 4.98 Å². The lowest BCUT2D eigenvalue weighted by Crippen LogP contribution is -1.94. The second-order valence-electron chi connectivity index (χ2n) is 4.97. The molecular formula is C16H9FN2O4. The Morgan fingerprint density at radius 3 is 2.78 bits per heavy atom. The summed E-state index contributed by atoms with van der Waals surface area (Å²) in [5.41, 5.74) is 7.02. The lowest BCUT2D eigenvalue weighted by atomic mass is 10.2. The summed E-state index contributed by atoms with van der Waals surface area (Å²) < 4.78 is 24.8. The van der Waals surface area contributed by atoms with Crippen LogP contribution in [0.4, 0.5) is 10.1 Å². The van der Waals surface area contributed by atoms with Gasteiger partial charge in [-0.15, -0.1) is 0 Å². The van der Waals surface area contributed by atoms with Crippen LogP contribution < -0.4 is 5.73 Å². The van der Waals surface area contributed by atoms with Crippen LogP contribution >= 0.6 is 0 Å². The van der Waals surface area contributed by atoms with Crippen molar-refractivity contribution in [2.45, 2.75) is 0 Å². The predicted molar refractivity (Wildman–Crippen MR) is 80.5 cm³/mol. The number of hydrogen-bond acceptors (Lipinski definition) is 5. The molecule has 0 unspecified atom stereocenters. The number of nitrogens with zero attached hydrogens (tertiary/aromatic N) is 1. The molecule has 7 heteroatoms. The number of rotatable bonds is 2. The van der Waals surface area contributed by atoms with E-state index in [-0.39, 0.29) is 34.1 Å². The molecular weight excluding hydrogens is 303 g/mol. The quantitative estimate of drug-likeness (QED) is 0.585. The van der Waals surface area contributed by atoms with Gasteiger partial charge in [0.05, 0.1) is 11.3 Å². The smallest absolute Gasteiger partial charge is 0.335 e. The van der Waals surface area contributed by atoms with Crippen LogP contribution in [0.25, 0.3) is 33.7 Å². The fourth-order valence-electron chi connectivity index (χ4n) is 2.42. The molecule has 23 heavy (non-hydrogen) atoms.